The quantitative estimate of drug-likeness (QED) is 0.674. The Hall–Kier alpha value is -1.05. The molecule has 1 aliphatic rings. The largest absolute Gasteiger partial charge is 0.396 e. The topological polar surface area (TPSA) is 66.8 Å². The number of ether oxygens (including phenoxy) is 1. The Bertz CT molecular complexity index is 706. The van der Waals surface area contributed by atoms with Gasteiger partial charge in [0.1, 0.15) is 0 Å². The number of thioether (sulfide) groups is 1. The molecule has 1 aliphatic heterocycles. The van der Waals surface area contributed by atoms with Gasteiger partial charge in [0, 0.05) is 16.3 Å². The summed E-state index contributed by atoms with van der Waals surface area (Å²) < 4.78 is 5.44. The Kier molecular flexibility index (Phi) is 7.34. The molecule has 2 amide bonds. The molecule has 0 saturated heterocycles. The van der Waals surface area contributed by atoms with E-state index in [-0.39, 0.29) is 36.3 Å². The molecule has 1 aromatic rings. The van der Waals surface area contributed by atoms with Crippen molar-refractivity contribution in [1.82, 2.24) is 4.90 Å². The van der Waals surface area contributed by atoms with Crippen LogP contribution in [0, 0.1) is 0 Å². The van der Waals surface area contributed by atoms with Crippen molar-refractivity contribution in [3.05, 3.63) is 38.7 Å². The molecule has 8 heteroatoms. The molecule has 0 unspecified atom stereocenters. The molecule has 1 aromatic carbocycles. The predicted molar refractivity (Wildman–Crippen MR) is 101 cm³/mol. The molecule has 0 atom stereocenters. The van der Waals surface area contributed by atoms with Crippen molar-refractivity contribution in [2.45, 2.75) is 20.0 Å². The molecule has 0 fully saturated rings. The van der Waals surface area contributed by atoms with Gasteiger partial charge in [0.2, 0.25) is 0 Å². The maximum Gasteiger partial charge on any atom is 0.268 e. The lowest BCUT2D eigenvalue weighted by Crippen LogP contribution is -2.35. The van der Waals surface area contributed by atoms with Gasteiger partial charge in [-0.05, 0) is 26.0 Å². The summed E-state index contributed by atoms with van der Waals surface area (Å²) in [4.78, 5) is 26.9. The molecule has 5 nitrogen and oxygen atoms in total. The van der Waals surface area contributed by atoms with Crippen LogP contribution in [0.4, 0.5) is 0 Å². The molecular weight excluding hydrogens is 385 g/mol. The van der Waals surface area contributed by atoms with Gasteiger partial charge < -0.3 is 9.84 Å². The zero-order valence-corrected chi connectivity index (χ0v) is 16.2. The maximum absolute atomic E-state index is 12.8. The van der Waals surface area contributed by atoms with Crippen molar-refractivity contribution in [1.29, 1.82) is 0 Å². The van der Waals surface area contributed by atoms with Crippen molar-refractivity contribution in [2.75, 3.05) is 25.5 Å². The van der Waals surface area contributed by atoms with E-state index in [4.69, 9.17) is 33.0 Å². The van der Waals surface area contributed by atoms with Crippen molar-refractivity contribution < 1.29 is 19.4 Å². The van der Waals surface area contributed by atoms with E-state index in [1.165, 1.54) is 6.07 Å². The molecule has 136 valence electrons. The number of hydrogen-bond donors (Lipinski definition) is 1. The number of benzene rings is 1. The van der Waals surface area contributed by atoms with Gasteiger partial charge in [-0.3, -0.25) is 14.5 Å². The van der Waals surface area contributed by atoms with Crippen molar-refractivity contribution >= 4 is 52.4 Å². The van der Waals surface area contributed by atoms with Crippen molar-refractivity contribution in [3.63, 3.8) is 0 Å². The van der Waals surface area contributed by atoms with E-state index in [9.17, 15) is 9.59 Å². The van der Waals surface area contributed by atoms with Gasteiger partial charge in [0.05, 0.1) is 41.4 Å². The molecule has 0 spiro atoms. The van der Waals surface area contributed by atoms with E-state index in [0.29, 0.717) is 21.4 Å². The average Bonchev–Trinajstić information content (AvgIpc) is 2.77. The Balaban J connectivity index is 2.35. The summed E-state index contributed by atoms with van der Waals surface area (Å²) in [6.07, 6.45) is 0.00850. The number of halogens is 2. The smallest absolute Gasteiger partial charge is 0.268 e. The van der Waals surface area contributed by atoms with Gasteiger partial charge >= 0.3 is 0 Å². The number of imide groups is 1. The Morgan fingerprint density at radius 3 is 2.56 bits per heavy atom. The van der Waals surface area contributed by atoms with Gasteiger partial charge in [-0.25, -0.2) is 0 Å². The molecule has 2 rings (SSSR count). The lowest BCUT2D eigenvalue weighted by atomic mass is 10.1. The number of carbonyl (C=O) groups excluding carboxylic acids is 2. The molecule has 0 aromatic heterocycles. The molecule has 0 bridgehead atoms. The van der Waals surface area contributed by atoms with E-state index in [2.05, 4.69) is 0 Å². The van der Waals surface area contributed by atoms with E-state index < -0.39 is 11.8 Å². The first-order valence-corrected chi connectivity index (χ1v) is 9.52. The van der Waals surface area contributed by atoms with Crippen LogP contribution in [0.25, 0.3) is 5.57 Å². The van der Waals surface area contributed by atoms with Crippen LogP contribution in [0.3, 0.4) is 0 Å². The van der Waals surface area contributed by atoms with Crippen LogP contribution in [0.15, 0.2) is 23.1 Å². The van der Waals surface area contributed by atoms with Crippen LogP contribution >= 0.6 is 35.0 Å². The van der Waals surface area contributed by atoms with Crippen LogP contribution < -0.4 is 0 Å². The van der Waals surface area contributed by atoms with Crippen molar-refractivity contribution in [2.24, 2.45) is 0 Å². The van der Waals surface area contributed by atoms with Gasteiger partial charge in [0.15, 0.2) is 0 Å². The van der Waals surface area contributed by atoms with Crippen LogP contribution in [0.2, 0.25) is 10.0 Å². The molecule has 0 aliphatic carbocycles. The van der Waals surface area contributed by atoms with E-state index >= 15 is 0 Å². The highest BCUT2D eigenvalue weighted by Gasteiger charge is 2.39. The standard InChI is InChI=1S/C17H19Cl2NO4S/c1-10(2)24-7-5-20-16(22)14(15(17(20)23)25-8-6-21)12-4-3-11(18)9-13(12)19/h3-4,9-10,21H,5-8H2,1-2H3. The molecule has 1 heterocycles. The summed E-state index contributed by atoms with van der Waals surface area (Å²) in [6.45, 7) is 4.08. The summed E-state index contributed by atoms with van der Waals surface area (Å²) in [7, 11) is 0. The number of hydrogen-bond acceptors (Lipinski definition) is 5. The third-order valence-corrected chi connectivity index (χ3v) is 5.03. The zero-order valence-electron chi connectivity index (χ0n) is 13.9. The predicted octanol–water partition coefficient (Wildman–Crippen LogP) is 3.22. The highest BCUT2D eigenvalue weighted by atomic mass is 35.5. The molecular formula is C17H19Cl2NO4S. The number of rotatable bonds is 8. The molecule has 0 saturated carbocycles. The number of carbonyl (C=O) groups is 2. The monoisotopic (exact) mass is 403 g/mol. The van der Waals surface area contributed by atoms with E-state index in [1.807, 2.05) is 13.8 Å². The number of aliphatic hydroxyl groups is 1. The molecule has 25 heavy (non-hydrogen) atoms. The normalized spacial score (nSPS) is 15.0. The Morgan fingerprint density at radius 1 is 1.24 bits per heavy atom. The highest BCUT2D eigenvalue weighted by molar-refractivity contribution is 8.04. The summed E-state index contributed by atoms with van der Waals surface area (Å²) in [6, 6.07) is 4.77. The first-order valence-electron chi connectivity index (χ1n) is 7.78. The highest BCUT2D eigenvalue weighted by Crippen LogP contribution is 2.39. The third kappa shape index (κ3) is 4.77. The minimum Gasteiger partial charge on any atom is -0.396 e. The van der Waals surface area contributed by atoms with Gasteiger partial charge in [-0.1, -0.05) is 29.3 Å². The van der Waals surface area contributed by atoms with Gasteiger partial charge in [-0.15, -0.1) is 11.8 Å². The average molecular weight is 404 g/mol. The third-order valence-electron chi connectivity index (χ3n) is 3.43. The van der Waals surface area contributed by atoms with E-state index in [1.54, 1.807) is 12.1 Å². The van der Waals surface area contributed by atoms with Crippen LogP contribution in [-0.4, -0.2) is 53.4 Å². The minimum absolute atomic E-state index is 0.00850. The van der Waals surface area contributed by atoms with Gasteiger partial charge in [0.25, 0.3) is 11.8 Å². The second-order valence-electron chi connectivity index (χ2n) is 5.58. The number of nitrogens with zero attached hydrogens (tertiary/aromatic N) is 1. The number of aliphatic hydroxyl groups excluding tert-OH is 1. The molecule has 1 N–H and O–H groups in total. The zero-order chi connectivity index (χ0) is 18.6. The second-order valence-corrected chi connectivity index (χ2v) is 7.53. The number of amides is 2. The Labute approximate surface area is 160 Å². The maximum atomic E-state index is 12.8. The molecule has 0 radical (unpaired) electrons. The van der Waals surface area contributed by atoms with Gasteiger partial charge in [-0.2, -0.15) is 0 Å². The first kappa shape index (κ1) is 20.3. The SMILES string of the molecule is CC(C)OCCN1C(=O)C(SCCO)=C(c2ccc(Cl)cc2Cl)C1=O. The lowest BCUT2D eigenvalue weighted by molar-refractivity contribution is -0.137. The summed E-state index contributed by atoms with van der Waals surface area (Å²) in [5, 5.41) is 9.82. The second kappa shape index (κ2) is 9.05. The van der Waals surface area contributed by atoms with Crippen molar-refractivity contribution in [3.8, 4) is 0 Å². The fourth-order valence-corrected chi connectivity index (χ4v) is 3.72. The van der Waals surface area contributed by atoms with Crippen LogP contribution in [0.1, 0.15) is 19.4 Å². The summed E-state index contributed by atoms with van der Waals surface area (Å²) in [5.74, 6) is -0.502. The first-order chi connectivity index (χ1) is 11.9. The van der Waals surface area contributed by atoms with Crippen LogP contribution in [0.5, 0.6) is 0 Å². The fraction of sp³-hybridized carbons (Fsp3) is 0.412. The fourth-order valence-electron chi connectivity index (χ4n) is 2.35. The Morgan fingerprint density at radius 2 is 1.96 bits per heavy atom. The minimum atomic E-state index is -0.415. The summed E-state index contributed by atoms with van der Waals surface area (Å²) in [5.41, 5.74) is 0.701. The van der Waals surface area contributed by atoms with Crippen LogP contribution in [-0.2, 0) is 14.3 Å². The summed E-state index contributed by atoms with van der Waals surface area (Å²) >= 11 is 13.3. The lowest BCUT2D eigenvalue weighted by Gasteiger charge is -2.16. The van der Waals surface area contributed by atoms with E-state index in [0.717, 1.165) is 16.7 Å².